The molecule has 2 aromatic rings. The highest BCUT2D eigenvalue weighted by atomic mass is 19.3. The summed E-state index contributed by atoms with van der Waals surface area (Å²) >= 11 is 0. The molecule has 0 aliphatic carbocycles. The van der Waals surface area contributed by atoms with E-state index in [0.717, 1.165) is 5.48 Å². The lowest BCUT2D eigenvalue weighted by Gasteiger charge is -2.30. The van der Waals surface area contributed by atoms with E-state index in [-0.39, 0.29) is 5.56 Å². The van der Waals surface area contributed by atoms with Crippen LogP contribution in [0.3, 0.4) is 0 Å². The molecule has 2 rings (SSSR count). The molecule has 5 N–H and O–H groups in total. The van der Waals surface area contributed by atoms with Gasteiger partial charge in [-0.1, -0.05) is 5.92 Å². The van der Waals surface area contributed by atoms with Gasteiger partial charge in [-0.05, 0) is 37.1 Å². The Labute approximate surface area is 152 Å². The second-order valence-electron chi connectivity index (χ2n) is 5.69. The number of nitrogens with zero attached hydrogens (tertiary/aromatic N) is 1. The highest BCUT2D eigenvalue weighted by molar-refractivity contribution is 5.97. The summed E-state index contributed by atoms with van der Waals surface area (Å²) < 4.78 is 26.0. The second kappa shape index (κ2) is 8.39. The standard InChI is InChI=1S/C17H16F2N4O4/c1-17(26,16(18)19)13(15(25)23-27)22-14(24)11-5-2-10(3-6-11)4-7-12-8-20-9-21-12/h2-3,5-6,8-9,13,16,26-27H,1H3,(H,20,21)(H,22,24)(H,23,25)/t13-,17?/m1/s1. The summed E-state index contributed by atoms with van der Waals surface area (Å²) in [7, 11) is 0. The first-order valence-electron chi connectivity index (χ1n) is 7.62. The predicted molar refractivity (Wildman–Crippen MR) is 88.8 cm³/mol. The molecule has 1 aromatic heterocycles. The van der Waals surface area contributed by atoms with E-state index in [9.17, 15) is 23.5 Å². The number of aromatic amines is 1. The Morgan fingerprint density at radius 1 is 1.26 bits per heavy atom. The number of carbonyl (C=O) groups is 2. The van der Waals surface area contributed by atoms with Crippen LogP contribution in [0.2, 0.25) is 0 Å². The van der Waals surface area contributed by atoms with Crippen molar-refractivity contribution in [2.75, 3.05) is 0 Å². The molecular weight excluding hydrogens is 362 g/mol. The Morgan fingerprint density at radius 3 is 2.44 bits per heavy atom. The maximum Gasteiger partial charge on any atom is 0.269 e. The van der Waals surface area contributed by atoms with Crippen LogP contribution in [0.15, 0.2) is 36.8 Å². The summed E-state index contributed by atoms with van der Waals surface area (Å²) in [5.41, 5.74) is -0.601. The van der Waals surface area contributed by atoms with Crippen LogP contribution in [0.1, 0.15) is 28.5 Å². The maximum atomic E-state index is 13.0. The molecule has 1 aromatic carbocycles. The molecule has 1 heterocycles. The van der Waals surface area contributed by atoms with Gasteiger partial charge in [0, 0.05) is 17.3 Å². The topological polar surface area (TPSA) is 127 Å². The summed E-state index contributed by atoms with van der Waals surface area (Å²) in [6, 6.07) is 3.69. The number of benzene rings is 1. The third kappa shape index (κ3) is 4.87. The summed E-state index contributed by atoms with van der Waals surface area (Å²) in [5, 5.41) is 20.5. The van der Waals surface area contributed by atoms with E-state index in [2.05, 4.69) is 21.8 Å². The van der Waals surface area contributed by atoms with Crippen molar-refractivity contribution < 1.29 is 28.7 Å². The molecule has 0 spiro atoms. The van der Waals surface area contributed by atoms with Crippen molar-refractivity contribution in [2.24, 2.45) is 0 Å². The van der Waals surface area contributed by atoms with Gasteiger partial charge in [-0.2, -0.15) is 0 Å². The third-order valence-electron chi connectivity index (χ3n) is 3.65. The Morgan fingerprint density at radius 2 is 1.93 bits per heavy atom. The van der Waals surface area contributed by atoms with Crippen LogP contribution in [0.25, 0.3) is 0 Å². The SMILES string of the molecule is CC(O)(C(F)F)[C@H](NC(=O)c1ccc(C#Cc2c[nH]cn2)cc1)C(=O)NO. The van der Waals surface area contributed by atoms with Crippen molar-refractivity contribution in [3.05, 3.63) is 53.6 Å². The van der Waals surface area contributed by atoms with Crippen LogP contribution in [-0.2, 0) is 4.79 Å². The Balaban J connectivity index is 2.15. The smallest absolute Gasteiger partial charge is 0.269 e. The number of hydrogen-bond donors (Lipinski definition) is 5. The highest BCUT2D eigenvalue weighted by Crippen LogP contribution is 2.20. The fourth-order valence-electron chi connectivity index (χ4n) is 2.05. The molecule has 0 bridgehead atoms. The van der Waals surface area contributed by atoms with Gasteiger partial charge in [-0.15, -0.1) is 0 Å². The number of aromatic nitrogens is 2. The van der Waals surface area contributed by atoms with E-state index in [0.29, 0.717) is 18.2 Å². The van der Waals surface area contributed by atoms with Crippen molar-refractivity contribution in [3.63, 3.8) is 0 Å². The summed E-state index contributed by atoms with van der Waals surface area (Å²) in [6.07, 6.45) is -0.263. The van der Waals surface area contributed by atoms with E-state index >= 15 is 0 Å². The lowest BCUT2D eigenvalue weighted by atomic mass is 9.95. The minimum Gasteiger partial charge on any atom is -0.381 e. The normalized spacial score (nSPS) is 13.9. The van der Waals surface area contributed by atoms with Gasteiger partial charge in [0.2, 0.25) is 0 Å². The minimum atomic E-state index is -3.35. The first kappa shape index (κ1) is 20.0. The lowest BCUT2D eigenvalue weighted by Crippen LogP contribution is -2.61. The minimum absolute atomic E-state index is 0.0427. The number of aliphatic hydroxyl groups is 1. The van der Waals surface area contributed by atoms with Crippen LogP contribution in [-0.4, -0.2) is 50.2 Å². The molecule has 0 aliphatic rings. The van der Waals surface area contributed by atoms with Crippen molar-refractivity contribution in [1.29, 1.82) is 0 Å². The predicted octanol–water partition coefficient (Wildman–Crippen LogP) is 0.429. The van der Waals surface area contributed by atoms with Crippen molar-refractivity contribution in [3.8, 4) is 11.8 Å². The molecule has 27 heavy (non-hydrogen) atoms. The Bertz CT molecular complexity index is 855. The molecule has 0 saturated heterocycles. The van der Waals surface area contributed by atoms with Crippen molar-refractivity contribution in [2.45, 2.75) is 25.0 Å². The van der Waals surface area contributed by atoms with Gasteiger partial charge in [-0.25, -0.2) is 19.2 Å². The van der Waals surface area contributed by atoms with E-state index in [4.69, 9.17) is 5.21 Å². The average Bonchev–Trinajstić information content (AvgIpc) is 3.17. The fourth-order valence-corrected chi connectivity index (χ4v) is 2.05. The molecule has 0 fully saturated rings. The van der Waals surface area contributed by atoms with Crippen LogP contribution in [0, 0.1) is 11.8 Å². The number of rotatable bonds is 5. The molecule has 2 atom stereocenters. The highest BCUT2D eigenvalue weighted by Gasteiger charge is 2.46. The molecule has 2 amide bonds. The number of imidazole rings is 1. The van der Waals surface area contributed by atoms with E-state index in [1.165, 1.54) is 30.6 Å². The van der Waals surface area contributed by atoms with Gasteiger partial charge in [0.05, 0.1) is 6.33 Å². The van der Waals surface area contributed by atoms with Crippen molar-refractivity contribution in [1.82, 2.24) is 20.8 Å². The monoisotopic (exact) mass is 378 g/mol. The van der Waals surface area contributed by atoms with Gasteiger partial charge >= 0.3 is 0 Å². The molecular formula is C17H16F2N4O4. The van der Waals surface area contributed by atoms with Gasteiger partial charge in [0.25, 0.3) is 18.2 Å². The molecule has 8 nitrogen and oxygen atoms in total. The quantitative estimate of drug-likeness (QED) is 0.293. The Hall–Kier alpha value is -3.29. The summed E-state index contributed by atoms with van der Waals surface area (Å²) in [6.45, 7) is 0.672. The number of halogens is 2. The molecule has 1 unspecified atom stereocenters. The van der Waals surface area contributed by atoms with Crippen LogP contribution < -0.4 is 10.8 Å². The molecule has 142 valence electrons. The summed E-state index contributed by atoms with van der Waals surface area (Å²) in [5.74, 6) is 3.33. The number of hydrogen-bond acceptors (Lipinski definition) is 5. The second-order valence-corrected chi connectivity index (χ2v) is 5.69. The third-order valence-corrected chi connectivity index (χ3v) is 3.65. The number of amides is 2. The lowest BCUT2D eigenvalue weighted by molar-refractivity contribution is -0.149. The first-order chi connectivity index (χ1) is 12.8. The van der Waals surface area contributed by atoms with E-state index in [1.54, 1.807) is 6.20 Å². The van der Waals surface area contributed by atoms with Crippen LogP contribution in [0.5, 0.6) is 0 Å². The average molecular weight is 378 g/mol. The van der Waals surface area contributed by atoms with E-state index < -0.39 is 29.9 Å². The zero-order valence-electron chi connectivity index (χ0n) is 14.0. The van der Waals surface area contributed by atoms with Gasteiger partial charge in [-0.3, -0.25) is 14.8 Å². The maximum absolute atomic E-state index is 13.0. The molecule has 0 saturated carbocycles. The molecule has 0 radical (unpaired) electrons. The van der Waals surface area contributed by atoms with Crippen LogP contribution in [0.4, 0.5) is 8.78 Å². The number of H-pyrrole nitrogens is 1. The van der Waals surface area contributed by atoms with Crippen molar-refractivity contribution >= 4 is 11.8 Å². The van der Waals surface area contributed by atoms with Gasteiger partial charge in [0.1, 0.15) is 11.7 Å². The summed E-state index contributed by atoms with van der Waals surface area (Å²) in [4.78, 5) is 30.5. The zero-order chi connectivity index (χ0) is 20.0. The fraction of sp³-hybridized carbons (Fsp3) is 0.235. The molecule has 0 aliphatic heterocycles. The zero-order valence-corrected chi connectivity index (χ0v) is 14.0. The Kier molecular flexibility index (Phi) is 6.23. The number of nitrogens with one attached hydrogen (secondary N) is 3. The number of alkyl halides is 2. The number of carbonyl (C=O) groups excluding carboxylic acids is 2. The first-order valence-corrected chi connectivity index (χ1v) is 7.62. The van der Waals surface area contributed by atoms with E-state index in [1.807, 2.05) is 5.32 Å². The van der Waals surface area contributed by atoms with Gasteiger partial charge < -0.3 is 15.4 Å². The van der Waals surface area contributed by atoms with Gasteiger partial charge in [0.15, 0.2) is 5.60 Å². The number of hydroxylamine groups is 1. The largest absolute Gasteiger partial charge is 0.381 e. The van der Waals surface area contributed by atoms with Crippen LogP contribution >= 0.6 is 0 Å². The molecule has 10 heteroatoms.